The largest absolute Gasteiger partial charge is 0.465 e. The summed E-state index contributed by atoms with van der Waals surface area (Å²) in [5.41, 5.74) is 2.81. The van der Waals surface area contributed by atoms with Gasteiger partial charge in [-0.3, -0.25) is 4.90 Å². The van der Waals surface area contributed by atoms with Gasteiger partial charge in [0.25, 0.3) is 0 Å². The standard InChI is InChI=1S/C19H24N2O3/c1-3-5-16-12-17(20-24-16)18-6-4-11-21(18)13-14-7-9-15(10-8-14)19(22)23-2/h7-10,12,18H,3-6,11,13H2,1-2H3/t18-/m0/s1. The van der Waals surface area contributed by atoms with Crippen LogP contribution in [0.4, 0.5) is 0 Å². The van der Waals surface area contributed by atoms with Crippen LogP contribution in [-0.2, 0) is 17.7 Å². The van der Waals surface area contributed by atoms with Crippen LogP contribution in [-0.4, -0.2) is 29.7 Å². The Morgan fingerprint density at radius 1 is 1.38 bits per heavy atom. The van der Waals surface area contributed by atoms with E-state index in [1.165, 1.54) is 19.1 Å². The van der Waals surface area contributed by atoms with E-state index in [-0.39, 0.29) is 5.97 Å². The van der Waals surface area contributed by atoms with E-state index in [0.717, 1.165) is 43.8 Å². The Labute approximate surface area is 142 Å². The third-order valence-electron chi connectivity index (χ3n) is 4.54. The van der Waals surface area contributed by atoms with Gasteiger partial charge in [-0.1, -0.05) is 24.2 Å². The molecule has 1 fully saturated rings. The molecule has 2 aromatic rings. The van der Waals surface area contributed by atoms with Crippen LogP contribution in [0.5, 0.6) is 0 Å². The van der Waals surface area contributed by atoms with E-state index in [1.54, 1.807) is 0 Å². The highest BCUT2D eigenvalue weighted by atomic mass is 16.5. The molecule has 0 amide bonds. The van der Waals surface area contributed by atoms with Gasteiger partial charge in [-0.2, -0.15) is 0 Å². The summed E-state index contributed by atoms with van der Waals surface area (Å²) in [7, 11) is 1.40. The second-order valence-electron chi connectivity index (χ2n) is 6.29. The van der Waals surface area contributed by atoms with Crippen molar-refractivity contribution in [2.24, 2.45) is 0 Å². The topological polar surface area (TPSA) is 55.6 Å². The molecule has 0 aliphatic carbocycles. The number of aryl methyl sites for hydroxylation is 1. The lowest BCUT2D eigenvalue weighted by molar-refractivity contribution is 0.0600. The minimum Gasteiger partial charge on any atom is -0.465 e. The molecule has 5 heteroatoms. The SMILES string of the molecule is CCCc1cc([C@@H]2CCCN2Cc2ccc(C(=O)OC)cc2)no1. The van der Waals surface area contributed by atoms with Crippen molar-refractivity contribution in [3.63, 3.8) is 0 Å². The maximum atomic E-state index is 11.5. The van der Waals surface area contributed by atoms with Crippen molar-refractivity contribution in [3.8, 4) is 0 Å². The van der Waals surface area contributed by atoms with Crippen molar-refractivity contribution >= 4 is 5.97 Å². The summed E-state index contributed by atoms with van der Waals surface area (Å²) in [4.78, 5) is 13.9. The molecule has 1 aliphatic heterocycles. The van der Waals surface area contributed by atoms with Crippen LogP contribution < -0.4 is 0 Å². The molecular formula is C19H24N2O3. The second kappa shape index (κ2) is 7.62. The zero-order chi connectivity index (χ0) is 16.9. The van der Waals surface area contributed by atoms with Crippen molar-refractivity contribution in [1.29, 1.82) is 0 Å². The van der Waals surface area contributed by atoms with Crippen molar-refractivity contribution in [1.82, 2.24) is 10.1 Å². The molecule has 24 heavy (non-hydrogen) atoms. The van der Waals surface area contributed by atoms with E-state index in [1.807, 2.05) is 24.3 Å². The Bertz CT molecular complexity index is 678. The van der Waals surface area contributed by atoms with Gasteiger partial charge in [0.15, 0.2) is 0 Å². The van der Waals surface area contributed by atoms with Gasteiger partial charge < -0.3 is 9.26 Å². The fourth-order valence-electron chi connectivity index (χ4n) is 3.30. The number of benzene rings is 1. The van der Waals surface area contributed by atoms with Crippen molar-refractivity contribution < 1.29 is 14.1 Å². The van der Waals surface area contributed by atoms with E-state index in [2.05, 4.69) is 23.0 Å². The smallest absolute Gasteiger partial charge is 0.337 e. The number of aromatic nitrogens is 1. The summed E-state index contributed by atoms with van der Waals surface area (Å²) in [6.45, 7) is 4.05. The average Bonchev–Trinajstić information content (AvgIpc) is 3.24. The Balaban J connectivity index is 1.68. The highest BCUT2D eigenvalue weighted by Gasteiger charge is 2.28. The summed E-state index contributed by atoms with van der Waals surface area (Å²) in [5, 5.41) is 4.28. The van der Waals surface area contributed by atoms with Gasteiger partial charge in [-0.05, 0) is 43.5 Å². The minimum absolute atomic E-state index is 0.299. The summed E-state index contributed by atoms with van der Waals surface area (Å²) < 4.78 is 10.2. The lowest BCUT2D eigenvalue weighted by Gasteiger charge is -2.22. The molecule has 3 rings (SSSR count). The Morgan fingerprint density at radius 3 is 2.88 bits per heavy atom. The van der Waals surface area contributed by atoms with Crippen molar-refractivity contribution in [3.05, 3.63) is 52.9 Å². The predicted octanol–water partition coefficient (Wildman–Crippen LogP) is 3.75. The molecular weight excluding hydrogens is 304 g/mol. The molecule has 0 N–H and O–H groups in total. The zero-order valence-corrected chi connectivity index (χ0v) is 14.3. The molecule has 0 saturated carbocycles. The first kappa shape index (κ1) is 16.7. The number of ether oxygens (including phenoxy) is 1. The number of carbonyl (C=O) groups excluding carboxylic acids is 1. The number of carbonyl (C=O) groups is 1. The van der Waals surface area contributed by atoms with Crippen LogP contribution in [0.25, 0.3) is 0 Å². The fourth-order valence-corrected chi connectivity index (χ4v) is 3.30. The van der Waals surface area contributed by atoms with Gasteiger partial charge in [0, 0.05) is 19.0 Å². The number of esters is 1. The first-order chi connectivity index (χ1) is 11.7. The minimum atomic E-state index is -0.299. The maximum Gasteiger partial charge on any atom is 0.337 e. The van der Waals surface area contributed by atoms with Crippen molar-refractivity contribution in [2.75, 3.05) is 13.7 Å². The molecule has 1 aromatic carbocycles. The van der Waals surface area contributed by atoms with Gasteiger partial charge in [0.05, 0.1) is 18.7 Å². The van der Waals surface area contributed by atoms with E-state index < -0.39 is 0 Å². The summed E-state index contributed by atoms with van der Waals surface area (Å²) in [6, 6.07) is 10.1. The maximum absolute atomic E-state index is 11.5. The Kier molecular flexibility index (Phi) is 5.30. The average molecular weight is 328 g/mol. The molecule has 5 nitrogen and oxygen atoms in total. The third-order valence-corrected chi connectivity index (χ3v) is 4.54. The zero-order valence-electron chi connectivity index (χ0n) is 14.3. The van der Waals surface area contributed by atoms with Gasteiger partial charge in [0.2, 0.25) is 0 Å². The quantitative estimate of drug-likeness (QED) is 0.756. The van der Waals surface area contributed by atoms with E-state index in [4.69, 9.17) is 9.26 Å². The highest BCUT2D eigenvalue weighted by molar-refractivity contribution is 5.89. The molecule has 1 saturated heterocycles. The van der Waals surface area contributed by atoms with E-state index in [0.29, 0.717) is 11.6 Å². The number of rotatable bonds is 6. The second-order valence-corrected chi connectivity index (χ2v) is 6.29. The third kappa shape index (κ3) is 3.67. The normalized spacial score (nSPS) is 18.0. The Hall–Kier alpha value is -2.14. The van der Waals surface area contributed by atoms with Gasteiger partial charge >= 0.3 is 5.97 Å². The molecule has 2 heterocycles. The summed E-state index contributed by atoms with van der Waals surface area (Å²) >= 11 is 0. The van der Waals surface area contributed by atoms with Gasteiger partial charge in [-0.15, -0.1) is 0 Å². The van der Waals surface area contributed by atoms with Crippen molar-refractivity contribution in [2.45, 2.75) is 45.2 Å². The Morgan fingerprint density at radius 2 is 2.17 bits per heavy atom. The van der Waals surface area contributed by atoms with Crippen LogP contribution in [0.1, 0.15) is 59.6 Å². The molecule has 0 unspecified atom stereocenters. The first-order valence-corrected chi connectivity index (χ1v) is 8.58. The van der Waals surface area contributed by atoms with E-state index in [9.17, 15) is 4.79 Å². The number of methoxy groups -OCH3 is 1. The summed E-state index contributed by atoms with van der Waals surface area (Å²) in [6.07, 6.45) is 4.28. The number of nitrogens with zero attached hydrogens (tertiary/aromatic N) is 2. The lowest BCUT2D eigenvalue weighted by Crippen LogP contribution is -2.23. The van der Waals surface area contributed by atoms with Crippen LogP contribution in [0, 0.1) is 0 Å². The van der Waals surface area contributed by atoms with Crippen LogP contribution in [0.2, 0.25) is 0 Å². The first-order valence-electron chi connectivity index (χ1n) is 8.58. The number of likely N-dealkylation sites (tertiary alicyclic amines) is 1. The molecule has 0 radical (unpaired) electrons. The van der Waals surface area contributed by atoms with Gasteiger partial charge in [-0.25, -0.2) is 4.79 Å². The molecule has 1 atom stereocenters. The van der Waals surface area contributed by atoms with E-state index >= 15 is 0 Å². The molecule has 1 aromatic heterocycles. The lowest BCUT2D eigenvalue weighted by atomic mass is 10.1. The fraction of sp³-hybridized carbons (Fsp3) is 0.474. The number of hydrogen-bond acceptors (Lipinski definition) is 5. The molecule has 1 aliphatic rings. The predicted molar refractivity (Wildman–Crippen MR) is 90.7 cm³/mol. The molecule has 0 bridgehead atoms. The molecule has 0 spiro atoms. The van der Waals surface area contributed by atoms with Crippen LogP contribution in [0.15, 0.2) is 34.9 Å². The highest BCUT2D eigenvalue weighted by Crippen LogP contribution is 2.33. The van der Waals surface area contributed by atoms with Crippen LogP contribution >= 0.6 is 0 Å². The van der Waals surface area contributed by atoms with Gasteiger partial charge in [0.1, 0.15) is 11.5 Å². The molecule has 128 valence electrons. The van der Waals surface area contributed by atoms with Crippen LogP contribution in [0.3, 0.4) is 0 Å². The summed E-state index contributed by atoms with van der Waals surface area (Å²) in [5.74, 6) is 0.674. The number of hydrogen-bond donors (Lipinski definition) is 0. The monoisotopic (exact) mass is 328 g/mol.